The second-order valence-corrected chi connectivity index (χ2v) is 5.63. The van der Waals surface area contributed by atoms with E-state index in [2.05, 4.69) is 10.2 Å². The largest absolute Gasteiger partial charge is 0.452 e. The van der Waals surface area contributed by atoms with E-state index >= 15 is 0 Å². The van der Waals surface area contributed by atoms with Gasteiger partial charge in [0.05, 0.1) is 0 Å². The van der Waals surface area contributed by atoms with Crippen LogP contribution in [0.4, 0.5) is 13.2 Å². The fourth-order valence-corrected chi connectivity index (χ4v) is 2.77. The van der Waals surface area contributed by atoms with Gasteiger partial charge in [0.1, 0.15) is 0 Å². The molecule has 0 N–H and O–H groups in total. The fraction of sp³-hybridized carbons (Fsp3) is 0.312. The maximum absolute atomic E-state index is 13.0. The van der Waals surface area contributed by atoms with Crippen molar-refractivity contribution in [2.45, 2.75) is 25.9 Å². The standard InChI is InChI=1S/C16H14F3N3O/c1-9-7-11(10(2)23)3-5-13(9)12-4-6-14-20-21-15(16(17,18)19)22(14)8-12/h3-9,13H,1-2H3. The van der Waals surface area contributed by atoms with Crippen molar-refractivity contribution in [1.82, 2.24) is 14.6 Å². The number of rotatable bonds is 2. The zero-order chi connectivity index (χ0) is 16.8. The van der Waals surface area contributed by atoms with Crippen molar-refractivity contribution in [1.29, 1.82) is 0 Å². The van der Waals surface area contributed by atoms with E-state index in [1.54, 1.807) is 12.1 Å². The quantitative estimate of drug-likeness (QED) is 0.850. The van der Waals surface area contributed by atoms with Gasteiger partial charge in [0, 0.05) is 17.7 Å². The number of fused-ring (bicyclic) bond motifs is 1. The average Bonchev–Trinajstić information content (AvgIpc) is 2.89. The minimum absolute atomic E-state index is 0.00201. The molecule has 0 spiro atoms. The molecule has 4 nitrogen and oxygen atoms in total. The van der Waals surface area contributed by atoms with E-state index in [0.717, 1.165) is 4.40 Å². The predicted octanol–water partition coefficient (Wildman–Crippen LogP) is 3.55. The number of carbonyl (C=O) groups is 1. The molecule has 2 atom stereocenters. The Morgan fingerprint density at radius 1 is 1.26 bits per heavy atom. The van der Waals surface area contributed by atoms with Crippen molar-refractivity contribution in [3.05, 3.63) is 53.5 Å². The molecule has 0 fully saturated rings. The Bertz CT molecular complexity index is 833. The number of carbonyl (C=O) groups excluding carboxylic acids is 1. The van der Waals surface area contributed by atoms with Crippen LogP contribution in [0.1, 0.15) is 31.2 Å². The third-order valence-corrected chi connectivity index (χ3v) is 3.96. The number of aromatic nitrogens is 3. The van der Waals surface area contributed by atoms with E-state index < -0.39 is 12.0 Å². The highest BCUT2D eigenvalue weighted by Gasteiger charge is 2.37. The van der Waals surface area contributed by atoms with Gasteiger partial charge in [-0.05, 0) is 24.5 Å². The molecule has 2 aromatic heterocycles. The van der Waals surface area contributed by atoms with Crippen LogP contribution in [0.3, 0.4) is 0 Å². The Hall–Kier alpha value is -2.44. The van der Waals surface area contributed by atoms with Gasteiger partial charge in [-0.15, -0.1) is 10.2 Å². The molecule has 23 heavy (non-hydrogen) atoms. The van der Waals surface area contributed by atoms with Crippen LogP contribution in [0, 0.1) is 5.92 Å². The van der Waals surface area contributed by atoms with E-state index in [1.165, 1.54) is 19.2 Å². The molecule has 3 rings (SSSR count). The highest BCUT2D eigenvalue weighted by Crippen LogP contribution is 2.33. The van der Waals surface area contributed by atoms with Gasteiger partial charge in [-0.3, -0.25) is 9.20 Å². The monoisotopic (exact) mass is 321 g/mol. The maximum atomic E-state index is 13.0. The van der Waals surface area contributed by atoms with Crippen LogP contribution in [0.25, 0.3) is 5.65 Å². The smallest absolute Gasteiger partial charge is 0.295 e. The molecule has 0 aliphatic heterocycles. The normalized spacial score (nSPS) is 21.5. The molecule has 0 aromatic carbocycles. The molecule has 1 aliphatic rings. The molecule has 2 heterocycles. The zero-order valence-electron chi connectivity index (χ0n) is 12.5. The number of halogens is 3. The highest BCUT2D eigenvalue weighted by molar-refractivity contribution is 5.96. The van der Waals surface area contributed by atoms with Gasteiger partial charge in [-0.25, -0.2) is 0 Å². The second kappa shape index (κ2) is 5.33. The summed E-state index contributed by atoms with van der Waals surface area (Å²) in [4.78, 5) is 11.4. The molecule has 0 bridgehead atoms. The summed E-state index contributed by atoms with van der Waals surface area (Å²) >= 11 is 0. The van der Waals surface area contributed by atoms with Crippen molar-refractivity contribution in [2.24, 2.45) is 5.92 Å². The van der Waals surface area contributed by atoms with Crippen LogP contribution in [0.5, 0.6) is 0 Å². The van der Waals surface area contributed by atoms with Crippen LogP contribution < -0.4 is 0 Å². The molecule has 0 saturated heterocycles. The van der Waals surface area contributed by atoms with Crippen molar-refractivity contribution in [3.8, 4) is 0 Å². The lowest BCUT2D eigenvalue weighted by Gasteiger charge is -2.23. The van der Waals surface area contributed by atoms with Gasteiger partial charge in [-0.2, -0.15) is 13.2 Å². The van der Waals surface area contributed by atoms with Crippen molar-refractivity contribution < 1.29 is 18.0 Å². The molecule has 2 unspecified atom stereocenters. The summed E-state index contributed by atoms with van der Waals surface area (Å²) in [5.74, 6) is -1.17. The van der Waals surface area contributed by atoms with Gasteiger partial charge < -0.3 is 0 Å². The number of allylic oxidation sites excluding steroid dienone is 4. The number of Topliss-reactive ketones (excluding diaryl/α,β-unsaturated/α-hetero) is 1. The van der Waals surface area contributed by atoms with E-state index in [0.29, 0.717) is 11.1 Å². The number of pyridine rings is 1. The number of hydrogen-bond donors (Lipinski definition) is 0. The minimum atomic E-state index is -4.56. The Morgan fingerprint density at radius 3 is 2.61 bits per heavy atom. The van der Waals surface area contributed by atoms with Crippen molar-refractivity contribution in [3.63, 3.8) is 0 Å². The zero-order valence-corrected chi connectivity index (χ0v) is 12.5. The molecule has 1 aliphatic carbocycles. The summed E-state index contributed by atoms with van der Waals surface area (Å²) in [7, 11) is 0. The number of nitrogens with zero attached hydrogens (tertiary/aromatic N) is 3. The van der Waals surface area contributed by atoms with Crippen LogP contribution in [0.15, 0.2) is 42.1 Å². The first-order chi connectivity index (χ1) is 10.8. The highest BCUT2D eigenvalue weighted by atomic mass is 19.4. The van der Waals surface area contributed by atoms with Gasteiger partial charge >= 0.3 is 6.18 Å². The first-order valence-electron chi connectivity index (χ1n) is 7.10. The first kappa shape index (κ1) is 15.5. The Kier molecular flexibility index (Phi) is 3.58. The molecule has 0 saturated carbocycles. The summed E-state index contributed by atoms with van der Waals surface area (Å²) in [5, 5.41) is 6.76. The third-order valence-electron chi connectivity index (χ3n) is 3.96. The molecule has 2 aromatic rings. The van der Waals surface area contributed by atoms with Gasteiger partial charge in [-0.1, -0.05) is 31.2 Å². The second-order valence-electron chi connectivity index (χ2n) is 5.63. The molecule has 120 valence electrons. The summed E-state index contributed by atoms with van der Waals surface area (Å²) in [6.07, 6.45) is 2.26. The number of ketones is 1. The molecular formula is C16H14F3N3O. The number of hydrogen-bond acceptors (Lipinski definition) is 3. The van der Waals surface area contributed by atoms with E-state index in [1.807, 2.05) is 19.1 Å². The molecular weight excluding hydrogens is 307 g/mol. The van der Waals surface area contributed by atoms with Gasteiger partial charge in [0.25, 0.3) is 0 Å². The van der Waals surface area contributed by atoms with Crippen LogP contribution in [-0.2, 0) is 11.0 Å². The Labute approximate surface area is 130 Å². The van der Waals surface area contributed by atoms with Gasteiger partial charge in [0.15, 0.2) is 11.4 Å². The molecule has 0 radical (unpaired) electrons. The molecule has 7 heteroatoms. The predicted molar refractivity (Wildman–Crippen MR) is 77.8 cm³/mol. The van der Waals surface area contributed by atoms with E-state index in [-0.39, 0.29) is 23.3 Å². The van der Waals surface area contributed by atoms with Gasteiger partial charge in [0.2, 0.25) is 5.82 Å². The third kappa shape index (κ3) is 2.78. The number of alkyl halides is 3. The van der Waals surface area contributed by atoms with Crippen LogP contribution >= 0.6 is 0 Å². The van der Waals surface area contributed by atoms with E-state index in [9.17, 15) is 18.0 Å². The lowest BCUT2D eigenvalue weighted by atomic mass is 9.82. The summed E-state index contributed by atoms with van der Waals surface area (Å²) in [6, 6.07) is 3.25. The lowest BCUT2D eigenvalue weighted by molar-refractivity contribution is -0.145. The van der Waals surface area contributed by atoms with Crippen LogP contribution in [0.2, 0.25) is 0 Å². The Morgan fingerprint density at radius 2 is 2.00 bits per heavy atom. The fourth-order valence-electron chi connectivity index (χ4n) is 2.77. The van der Waals surface area contributed by atoms with Crippen molar-refractivity contribution in [2.75, 3.05) is 0 Å². The lowest BCUT2D eigenvalue weighted by Crippen LogP contribution is -2.14. The van der Waals surface area contributed by atoms with E-state index in [4.69, 9.17) is 0 Å². The maximum Gasteiger partial charge on any atom is 0.452 e. The summed E-state index contributed by atoms with van der Waals surface area (Å²) in [5.41, 5.74) is 1.48. The van der Waals surface area contributed by atoms with Crippen molar-refractivity contribution >= 4 is 11.4 Å². The summed E-state index contributed by atoms with van der Waals surface area (Å²) < 4.78 is 39.8. The minimum Gasteiger partial charge on any atom is -0.295 e. The average molecular weight is 321 g/mol. The molecule has 0 amide bonds. The summed E-state index contributed by atoms with van der Waals surface area (Å²) in [6.45, 7) is 3.42. The first-order valence-corrected chi connectivity index (χ1v) is 7.10. The Balaban J connectivity index is 2.02. The SMILES string of the molecule is CC(=O)C1=CC(C)C(c2ccc3nnc(C(F)(F)F)n3c2)C=C1. The van der Waals surface area contributed by atoms with Crippen LogP contribution in [-0.4, -0.2) is 20.4 Å². The topological polar surface area (TPSA) is 47.3 Å².